The van der Waals surface area contributed by atoms with Gasteiger partial charge in [-0.3, -0.25) is 4.79 Å². The lowest BCUT2D eigenvalue weighted by Gasteiger charge is -2.43. The molecule has 1 atom stereocenters. The summed E-state index contributed by atoms with van der Waals surface area (Å²) < 4.78 is 0. The number of hydrogen-bond acceptors (Lipinski definition) is 3. The van der Waals surface area contributed by atoms with E-state index in [0.717, 1.165) is 55.8 Å². The highest BCUT2D eigenvalue weighted by molar-refractivity contribution is 6.30. The summed E-state index contributed by atoms with van der Waals surface area (Å²) >= 11 is 5.89. The average Bonchev–Trinajstić information content (AvgIpc) is 2.57. The highest BCUT2D eigenvalue weighted by Crippen LogP contribution is 2.35. The van der Waals surface area contributed by atoms with Crippen molar-refractivity contribution in [1.29, 1.82) is 0 Å². The zero-order chi connectivity index (χ0) is 16.9. The molecule has 1 aromatic rings. The summed E-state index contributed by atoms with van der Waals surface area (Å²) in [5, 5.41) is 17.0. The van der Waals surface area contributed by atoms with Crippen LogP contribution in [0.1, 0.15) is 37.7 Å². The van der Waals surface area contributed by atoms with Gasteiger partial charge in [0, 0.05) is 17.5 Å². The van der Waals surface area contributed by atoms with Crippen molar-refractivity contribution in [3.63, 3.8) is 0 Å². The van der Waals surface area contributed by atoms with E-state index in [4.69, 9.17) is 11.6 Å². The van der Waals surface area contributed by atoms with Gasteiger partial charge >= 0.3 is 0 Å². The van der Waals surface area contributed by atoms with Crippen LogP contribution in [0.4, 0.5) is 0 Å². The molecule has 0 unspecified atom stereocenters. The maximum Gasteiger partial charge on any atom is 0.220 e. The number of carbonyl (C=O) groups is 1. The van der Waals surface area contributed by atoms with Crippen molar-refractivity contribution in [3.8, 4) is 0 Å². The second-order valence-electron chi connectivity index (χ2n) is 7.19. The van der Waals surface area contributed by atoms with E-state index in [-0.39, 0.29) is 18.1 Å². The minimum atomic E-state index is -0.176. The predicted molar refractivity (Wildman–Crippen MR) is 96.0 cm³/mol. The molecule has 24 heavy (non-hydrogen) atoms. The number of nitrogens with one attached hydrogen (secondary N) is 2. The van der Waals surface area contributed by atoms with Crippen LogP contribution in [-0.4, -0.2) is 36.2 Å². The Labute approximate surface area is 149 Å². The van der Waals surface area contributed by atoms with E-state index in [1.807, 2.05) is 24.3 Å². The second kappa shape index (κ2) is 8.32. The zero-order valence-electron chi connectivity index (χ0n) is 14.0. The average molecular weight is 351 g/mol. The number of benzene rings is 1. The van der Waals surface area contributed by atoms with Gasteiger partial charge in [0.1, 0.15) is 0 Å². The van der Waals surface area contributed by atoms with Crippen molar-refractivity contribution in [3.05, 3.63) is 34.9 Å². The van der Waals surface area contributed by atoms with Gasteiger partial charge in [-0.2, -0.15) is 0 Å². The molecule has 3 rings (SSSR count). The topological polar surface area (TPSA) is 61.4 Å². The molecule has 132 valence electrons. The summed E-state index contributed by atoms with van der Waals surface area (Å²) in [6.45, 7) is 2.05. The number of piperidine rings is 1. The van der Waals surface area contributed by atoms with Crippen LogP contribution in [0.15, 0.2) is 24.3 Å². The summed E-state index contributed by atoms with van der Waals surface area (Å²) in [6, 6.07) is 7.89. The minimum absolute atomic E-state index is 0.120. The highest BCUT2D eigenvalue weighted by atomic mass is 35.5. The van der Waals surface area contributed by atoms with Gasteiger partial charge in [-0.05, 0) is 74.7 Å². The van der Waals surface area contributed by atoms with Crippen LogP contribution in [-0.2, 0) is 11.2 Å². The summed E-state index contributed by atoms with van der Waals surface area (Å²) in [4.78, 5) is 12.4. The Morgan fingerprint density at radius 2 is 1.88 bits per heavy atom. The number of carbonyl (C=O) groups excluding carboxylic acids is 1. The molecule has 1 aromatic carbocycles. The van der Waals surface area contributed by atoms with Gasteiger partial charge in [0.15, 0.2) is 0 Å². The molecule has 0 aromatic heterocycles. The molecule has 1 aliphatic heterocycles. The second-order valence-corrected chi connectivity index (χ2v) is 7.63. The van der Waals surface area contributed by atoms with E-state index in [2.05, 4.69) is 10.6 Å². The largest absolute Gasteiger partial charge is 0.393 e. The first kappa shape index (κ1) is 17.7. The SMILES string of the molecule is O=C(CCc1ccc(Cl)cc1)N[C@@H](C1CCNCC1)C1CC(O)C1. The molecular weight excluding hydrogens is 324 g/mol. The fraction of sp³-hybridized carbons (Fsp3) is 0.632. The molecule has 3 N–H and O–H groups in total. The van der Waals surface area contributed by atoms with E-state index in [9.17, 15) is 9.90 Å². The lowest BCUT2D eigenvalue weighted by Crippen LogP contribution is -2.52. The van der Waals surface area contributed by atoms with Gasteiger partial charge in [-0.1, -0.05) is 23.7 Å². The Balaban J connectivity index is 1.53. The van der Waals surface area contributed by atoms with Gasteiger partial charge in [0.05, 0.1) is 6.10 Å². The molecule has 0 spiro atoms. The van der Waals surface area contributed by atoms with Crippen molar-refractivity contribution in [2.24, 2.45) is 11.8 Å². The Kier molecular flexibility index (Phi) is 6.14. The first-order valence-electron chi connectivity index (χ1n) is 9.04. The summed E-state index contributed by atoms with van der Waals surface area (Å²) in [6.07, 6.45) is 4.92. The summed E-state index contributed by atoms with van der Waals surface area (Å²) in [5.41, 5.74) is 1.13. The molecule has 1 saturated carbocycles. The number of aryl methyl sites for hydroxylation is 1. The van der Waals surface area contributed by atoms with E-state index in [0.29, 0.717) is 18.3 Å². The number of rotatable bonds is 6. The molecule has 5 heteroatoms. The number of hydrogen-bond donors (Lipinski definition) is 3. The molecule has 2 aliphatic rings. The van der Waals surface area contributed by atoms with E-state index in [1.165, 1.54) is 0 Å². The number of aliphatic hydroxyl groups excluding tert-OH is 1. The maximum absolute atomic E-state index is 12.4. The lowest BCUT2D eigenvalue weighted by atomic mass is 9.71. The van der Waals surface area contributed by atoms with Gasteiger partial charge in [-0.15, -0.1) is 0 Å². The van der Waals surface area contributed by atoms with Crippen LogP contribution in [0.3, 0.4) is 0 Å². The van der Waals surface area contributed by atoms with E-state index in [1.54, 1.807) is 0 Å². The summed E-state index contributed by atoms with van der Waals surface area (Å²) in [7, 11) is 0. The first-order chi connectivity index (χ1) is 11.6. The van der Waals surface area contributed by atoms with Crippen molar-refractivity contribution in [2.45, 2.75) is 50.7 Å². The molecule has 2 fully saturated rings. The Morgan fingerprint density at radius 3 is 2.50 bits per heavy atom. The maximum atomic E-state index is 12.4. The van der Waals surface area contributed by atoms with Gasteiger partial charge in [0.2, 0.25) is 5.91 Å². The molecule has 0 bridgehead atoms. The van der Waals surface area contributed by atoms with Gasteiger partial charge < -0.3 is 15.7 Å². The third kappa shape index (κ3) is 4.71. The lowest BCUT2D eigenvalue weighted by molar-refractivity contribution is -0.123. The Morgan fingerprint density at radius 1 is 1.21 bits per heavy atom. The zero-order valence-corrected chi connectivity index (χ0v) is 14.8. The summed E-state index contributed by atoms with van der Waals surface area (Å²) in [5.74, 6) is 1.08. The molecule has 1 amide bonds. The standard InChI is InChI=1S/C19H27ClN2O2/c20-16-4-1-13(2-5-16)3-6-18(24)22-19(15-11-17(23)12-15)14-7-9-21-10-8-14/h1-2,4-5,14-15,17,19,21,23H,3,6-12H2,(H,22,24)/t15?,17?,19-/m0/s1. The Bertz CT molecular complexity index is 537. The smallest absolute Gasteiger partial charge is 0.220 e. The quantitative estimate of drug-likeness (QED) is 0.738. The van der Waals surface area contributed by atoms with Crippen LogP contribution < -0.4 is 10.6 Å². The van der Waals surface area contributed by atoms with Crippen molar-refractivity contribution in [2.75, 3.05) is 13.1 Å². The fourth-order valence-corrected chi connectivity index (χ4v) is 4.04. The molecular formula is C19H27ClN2O2. The number of amides is 1. The normalized spacial score (nSPS) is 25.8. The Hall–Kier alpha value is -1.10. The van der Waals surface area contributed by atoms with Crippen LogP contribution >= 0.6 is 11.6 Å². The molecule has 4 nitrogen and oxygen atoms in total. The third-order valence-corrected chi connectivity index (χ3v) is 5.68. The van der Waals surface area contributed by atoms with Crippen molar-refractivity contribution < 1.29 is 9.90 Å². The fourth-order valence-electron chi connectivity index (χ4n) is 3.91. The molecule has 0 radical (unpaired) electrons. The van der Waals surface area contributed by atoms with Gasteiger partial charge in [0.25, 0.3) is 0 Å². The van der Waals surface area contributed by atoms with Gasteiger partial charge in [-0.25, -0.2) is 0 Å². The number of halogens is 1. The monoisotopic (exact) mass is 350 g/mol. The van der Waals surface area contributed by atoms with Crippen LogP contribution in [0.25, 0.3) is 0 Å². The van der Waals surface area contributed by atoms with Crippen molar-refractivity contribution in [1.82, 2.24) is 10.6 Å². The van der Waals surface area contributed by atoms with Crippen molar-refractivity contribution >= 4 is 17.5 Å². The van der Waals surface area contributed by atoms with Crippen LogP contribution in [0, 0.1) is 11.8 Å². The molecule has 1 aliphatic carbocycles. The van der Waals surface area contributed by atoms with E-state index >= 15 is 0 Å². The molecule has 1 saturated heterocycles. The predicted octanol–water partition coefficient (Wildman–Crippen LogP) is 2.53. The molecule has 1 heterocycles. The van der Waals surface area contributed by atoms with E-state index < -0.39 is 0 Å². The highest BCUT2D eigenvalue weighted by Gasteiger charge is 2.38. The van der Waals surface area contributed by atoms with Crippen LogP contribution in [0.2, 0.25) is 5.02 Å². The third-order valence-electron chi connectivity index (χ3n) is 5.43. The minimum Gasteiger partial charge on any atom is -0.393 e. The first-order valence-corrected chi connectivity index (χ1v) is 9.42. The van der Waals surface area contributed by atoms with Crippen LogP contribution in [0.5, 0.6) is 0 Å². The number of aliphatic hydroxyl groups is 1.